The summed E-state index contributed by atoms with van der Waals surface area (Å²) < 4.78 is 12.4. The first-order chi connectivity index (χ1) is 10.4. The number of nitrogens with zero attached hydrogens (tertiary/aromatic N) is 2. The van der Waals surface area contributed by atoms with Gasteiger partial charge in [-0.05, 0) is 41.5 Å². The Morgan fingerprint density at radius 1 is 1.26 bits per heavy atom. The van der Waals surface area contributed by atoms with E-state index in [2.05, 4.69) is 15.7 Å². The van der Waals surface area contributed by atoms with Crippen LogP contribution in [0.3, 0.4) is 0 Å². The normalized spacial score (nSPS) is 12.2. The van der Waals surface area contributed by atoms with E-state index in [1.165, 1.54) is 0 Å². The molecule has 0 fully saturated rings. The van der Waals surface area contributed by atoms with Crippen LogP contribution in [0.2, 0.25) is 0 Å². The molecule has 132 valence electrons. The van der Waals surface area contributed by atoms with Gasteiger partial charge in [-0.25, -0.2) is 9.48 Å². The molecule has 0 spiro atoms. The number of alkyl carbamates (subject to hydrolysis) is 1. The molecule has 1 rings (SSSR count). The number of aryl methyl sites for hydroxylation is 2. The Bertz CT molecular complexity index is 544. The highest BCUT2D eigenvalue weighted by Crippen LogP contribution is 2.20. The van der Waals surface area contributed by atoms with Crippen molar-refractivity contribution >= 4 is 6.09 Å². The van der Waals surface area contributed by atoms with Crippen molar-refractivity contribution in [3.8, 4) is 5.88 Å². The zero-order valence-electron chi connectivity index (χ0n) is 15.5. The lowest BCUT2D eigenvalue weighted by molar-refractivity contribution is 0.0472. The van der Waals surface area contributed by atoms with Crippen LogP contribution in [0.4, 0.5) is 4.79 Å². The summed E-state index contributed by atoms with van der Waals surface area (Å²) in [6.45, 7) is 12.6. The minimum absolute atomic E-state index is 0.417. The molecule has 0 aromatic carbocycles. The number of rotatable bonds is 6. The first-order valence-electron chi connectivity index (χ1n) is 7.73. The summed E-state index contributed by atoms with van der Waals surface area (Å²) in [7, 11) is 3.48. The number of aromatic nitrogens is 2. The maximum atomic E-state index is 11.9. The topological polar surface area (TPSA) is 77.4 Å². The molecule has 0 aliphatic rings. The fourth-order valence-corrected chi connectivity index (χ4v) is 2.26. The van der Waals surface area contributed by atoms with Crippen LogP contribution in [-0.2, 0) is 18.3 Å². The van der Waals surface area contributed by atoms with Crippen LogP contribution in [-0.4, -0.2) is 40.7 Å². The molecule has 1 heterocycles. The highest BCUT2D eigenvalue weighted by Gasteiger charge is 2.24. The number of hydrogen-bond donors (Lipinski definition) is 2. The van der Waals surface area contributed by atoms with E-state index >= 15 is 0 Å². The molecule has 0 atom stereocenters. The van der Waals surface area contributed by atoms with Gasteiger partial charge in [0.1, 0.15) is 5.60 Å². The third-order valence-corrected chi connectivity index (χ3v) is 3.19. The first-order valence-corrected chi connectivity index (χ1v) is 7.73. The van der Waals surface area contributed by atoms with Gasteiger partial charge in [0.2, 0.25) is 5.88 Å². The molecule has 7 nitrogen and oxygen atoms in total. The molecule has 7 heteroatoms. The van der Waals surface area contributed by atoms with Crippen molar-refractivity contribution in [2.75, 3.05) is 13.7 Å². The Kier molecular flexibility index (Phi) is 6.04. The van der Waals surface area contributed by atoms with Crippen LogP contribution in [0.25, 0.3) is 0 Å². The van der Waals surface area contributed by atoms with Crippen molar-refractivity contribution in [2.24, 2.45) is 7.05 Å². The standard InChI is InChI=1S/C16H30N4O3/c1-11-12(13(22-8)20(7)19-11)9-17-10-16(5,6)18-14(21)23-15(2,3)4/h17H,9-10H2,1-8H3,(H,18,21). The molecular formula is C16H30N4O3. The van der Waals surface area contributed by atoms with E-state index in [-0.39, 0.29) is 0 Å². The van der Waals surface area contributed by atoms with Crippen molar-refractivity contribution in [1.29, 1.82) is 0 Å². The molecule has 0 aliphatic heterocycles. The third kappa shape index (κ3) is 6.09. The first kappa shape index (κ1) is 19.3. The highest BCUT2D eigenvalue weighted by atomic mass is 16.6. The summed E-state index contributed by atoms with van der Waals surface area (Å²) in [6, 6.07) is 0. The smallest absolute Gasteiger partial charge is 0.408 e. The predicted molar refractivity (Wildman–Crippen MR) is 89.7 cm³/mol. The maximum Gasteiger partial charge on any atom is 0.408 e. The van der Waals surface area contributed by atoms with Crippen LogP contribution < -0.4 is 15.4 Å². The van der Waals surface area contributed by atoms with Gasteiger partial charge in [-0.2, -0.15) is 5.10 Å². The second kappa shape index (κ2) is 7.21. The second-order valence-electron chi connectivity index (χ2n) is 7.31. The lowest BCUT2D eigenvalue weighted by atomic mass is 10.1. The SMILES string of the molecule is COc1c(CNCC(C)(C)NC(=O)OC(C)(C)C)c(C)nn1C. The van der Waals surface area contributed by atoms with E-state index in [0.717, 1.165) is 17.1 Å². The molecule has 0 unspecified atom stereocenters. The zero-order chi connectivity index (χ0) is 17.8. The summed E-state index contributed by atoms with van der Waals surface area (Å²) in [4.78, 5) is 11.9. The van der Waals surface area contributed by atoms with Gasteiger partial charge >= 0.3 is 6.09 Å². The quantitative estimate of drug-likeness (QED) is 0.837. The average Bonchev–Trinajstić information content (AvgIpc) is 2.60. The molecule has 1 amide bonds. The minimum atomic E-state index is -0.506. The molecule has 0 saturated heterocycles. The van der Waals surface area contributed by atoms with Gasteiger partial charge in [0.05, 0.1) is 23.9 Å². The summed E-state index contributed by atoms with van der Waals surface area (Å²) in [6.07, 6.45) is -0.417. The molecule has 0 saturated carbocycles. The Hall–Kier alpha value is -1.76. The Labute approximate surface area is 138 Å². The van der Waals surface area contributed by atoms with Gasteiger partial charge in [-0.1, -0.05) is 0 Å². The Morgan fingerprint density at radius 2 is 1.87 bits per heavy atom. The number of nitrogens with one attached hydrogen (secondary N) is 2. The predicted octanol–water partition coefficient (Wildman–Crippen LogP) is 2.13. The van der Waals surface area contributed by atoms with E-state index in [9.17, 15) is 4.79 Å². The zero-order valence-corrected chi connectivity index (χ0v) is 15.5. The van der Waals surface area contributed by atoms with Gasteiger partial charge < -0.3 is 20.1 Å². The number of carbonyl (C=O) groups is 1. The number of hydrogen-bond acceptors (Lipinski definition) is 5. The molecule has 1 aromatic rings. The molecule has 23 heavy (non-hydrogen) atoms. The molecule has 2 N–H and O–H groups in total. The van der Waals surface area contributed by atoms with Gasteiger partial charge in [-0.3, -0.25) is 0 Å². The summed E-state index contributed by atoms with van der Waals surface area (Å²) in [5.41, 5.74) is 0.997. The van der Waals surface area contributed by atoms with Gasteiger partial charge in [0, 0.05) is 20.1 Å². The summed E-state index contributed by atoms with van der Waals surface area (Å²) in [5, 5.41) is 10.6. The van der Waals surface area contributed by atoms with E-state index in [4.69, 9.17) is 9.47 Å². The Balaban J connectivity index is 2.56. The number of carbonyl (C=O) groups excluding carboxylic acids is 1. The average molecular weight is 326 g/mol. The second-order valence-corrected chi connectivity index (χ2v) is 7.31. The van der Waals surface area contributed by atoms with E-state index in [1.807, 2.05) is 48.6 Å². The Morgan fingerprint density at radius 3 is 2.39 bits per heavy atom. The van der Waals surface area contributed by atoms with Gasteiger partial charge in [0.15, 0.2) is 0 Å². The lowest BCUT2D eigenvalue weighted by Crippen LogP contribution is -2.51. The van der Waals surface area contributed by atoms with Crippen LogP contribution in [0, 0.1) is 6.92 Å². The minimum Gasteiger partial charge on any atom is -0.481 e. The molecule has 0 radical (unpaired) electrons. The fourth-order valence-electron chi connectivity index (χ4n) is 2.26. The van der Waals surface area contributed by atoms with Crippen LogP contribution >= 0.6 is 0 Å². The third-order valence-electron chi connectivity index (χ3n) is 3.19. The van der Waals surface area contributed by atoms with Crippen molar-refractivity contribution in [1.82, 2.24) is 20.4 Å². The van der Waals surface area contributed by atoms with Crippen molar-refractivity contribution in [3.63, 3.8) is 0 Å². The number of ether oxygens (including phenoxy) is 2. The summed E-state index contributed by atoms with van der Waals surface area (Å²) >= 11 is 0. The number of amides is 1. The van der Waals surface area contributed by atoms with E-state index in [1.54, 1.807) is 11.8 Å². The number of methoxy groups -OCH3 is 1. The van der Waals surface area contributed by atoms with Crippen LogP contribution in [0.5, 0.6) is 5.88 Å². The van der Waals surface area contributed by atoms with Crippen LogP contribution in [0.1, 0.15) is 45.9 Å². The van der Waals surface area contributed by atoms with Crippen molar-refractivity contribution in [2.45, 2.75) is 59.2 Å². The highest BCUT2D eigenvalue weighted by molar-refractivity contribution is 5.68. The molecule has 0 aliphatic carbocycles. The monoisotopic (exact) mass is 326 g/mol. The summed E-state index contributed by atoms with van der Waals surface area (Å²) in [5.74, 6) is 0.743. The maximum absolute atomic E-state index is 11.9. The lowest BCUT2D eigenvalue weighted by Gasteiger charge is -2.29. The van der Waals surface area contributed by atoms with Crippen LogP contribution in [0.15, 0.2) is 0 Å². The molecule has 0 bridgehead atoms. The fraction of sp³-hybridized carbons (Fsp3) is 0.750. The van der Waals surface area contributed by atoms with Crippen molar-refractivity contribution < 1.29 is 14.3 Å². The van der Waals surface area contributed by atoms with E-state index in [0.29, 0.717) is 13.1 Å². The van der Waals surface area contributed by atoms with Gasteiger partial charge in [-0.15, -0.1) is 0 Å². The molecule has 1 aromatic heterocycles. The van der Waals surface area contributed by atoms with E-state index < -0.39 is 17.2 Å². The molecular weight excluding hydrogens is 296 g/mol. The largest absolute Gasteiger partial charge is 0.481 e. The van der Waals surface area contributed by atoms with Crippen molar-refractivity contribution in [3.05, 3.63) is 11.3 Å². The van der Waals surface area contributed by atoms with Gasteiger partial charge in [0.25, 0.3) is 0 Å².